The van der Waals surface area contributed by atoms with Crippen LogP contribution in [0.4, 0.5) is 34.1 Å². The molecular formula is C54H36N2. The van der Waals surface area contributed by atoms with Crippen molar-refractivity contribution in [3.63, 3.8) is 0 Å². The van der Waals surface area contributed by atoms with Gasteiger partial charge in [0, 0.05) is 54.5 Å². The highest BCUT2D eigenvalue weighted by molar-refractivity contribution is 6.27. The van der Waals surface area contributed by atoms with Gasteiger partial charge in [-0.3, -0.25) is 0 Å². The summed E-state index contributed by atoms with van der Waals surface area (Å²) in [6.45, 7) is 0. The molecule has 0 N–H and O–H groups in total. The Kier molecular flexibility index (Phi) is 7.53. The fourth-order valence-electron chi connectivity index (χ4n) is 8.92. The van der Waals surface area contributed by atoms with Crippen molar-refractivity contribution in [2.45, 2.75) is 0 Å². The van der Waals surface area contributed by atoms with Crippen LogP contribution < -0.4 is 9.80 Å². The third-order valence-electron chi connectivity index (χ3n) is 11.3. The van der Waals surface area contributed by atoms with Crippen molar-refractivity contribution in [2.24, 2.45) is 0 Å². The number of rotatable bonds is 6. The second-order valence-corrected chi connectivity index (χ2v) is 14.5. The van der Waals surface area contributed by atoms with Crippen LogP contribution in [0.1, 0.15) is 0 Å². The molecule has 2 nitrogen and oxygen atoms in total. The SMILES string of the molecule is c1ccc(N(c2c3ccccc3cc3ccccc23)c2c3ccccc3c(N(c3ccccc3)c3c4ccccc4cc4ccccc34)c3ccccc23)cc1. The number of fused-ring (bicyclic) bond motifs is 6. The zero-order valence-corrected chi connectivity index (χ0v) is 30.7. The van der Waals surface area contributed by atoms with Gasteiger partial charge in [0.15, 0.2) is 0 Å². The largest absolute Gasteiger partial charge is 0.308 e. The van der Waals surface area contributed by atoms with Crippen LogP contribution in [0.25, 0.3) is 64.6 Å². The van der Waals surface area contributed by atoms with Crippen molar-refractivity contribution in [3.8, 4) is 0 Å². The molecule has 0 fully saturated rings. The lowest BCUT2D eigenvalue weighted by atomic mass is 9.93. The molecule has 0 aliphatic carbocycles. The average Bonchev–Trinajstić information content (AvgIpc) is 3.27. The van der Waals surface area contributed by atoms with Crippen LogP contribution >= 0.6 is 0 Å². The van der Waals surface area contributed by atoms with Crippen LogP contribution in [0.5, 0.6) is 0 Å². The van der Waals surface area contributed by atoms with E-state index in [0.29, 0.717) is 0 Å². The maximum Gasteiger partial charge on any atom is 0.0620 e. The summed E-state index contributed by atoms with van der Waals surface area (Å²) in [6, 6.07) is 79.7. The summed E-state index contributed by atoms with van der Waals surface area (Å²) in [7, 11) is 0. The van der Waals surface area contributed by atoms with E-state index in [-0.39, 0.29) is 0 Å². The minimum absolute atomic E-state index is 1.11. The van der Waals surface area contributed by atoms with E-state index in [1.165, 1.54) is 76.0 Å². The minimum atomic E-state index is 1.11. The van der Waals surface area contributed by atoms with E-state index in [9.17, 15) is 0 Å². The van der Waals surface area contributed by atoms with E-state index in [1.807, 2.05) is 0 Å². The molecule has 0 bridgehead atoms. The van der Waals surface area contributed by atoms with E-state index in [2.05, 4.69) is 228 Å². The molecule has 0 saturated heterocycles. The first kappa shape index (κ1) is 32.0. The number of benzene rings is 11. The van der Waals surface area contributed by atoms with E-state index < -0.39 is 0 Å². The fraction of sp³-hybridized carbons (Fsp3) is 0. The zero-order valence-electron chi connectivity index (χ0n) is 30.7. The Balaban J connectivity index is 1.33. The minimum Gasteiger partial charge on any atom is -0.308 e. The van der Waals surface area contributed by atoms with Crippen LogP contribution in [-0.2, 0) is 0 Å². The summed E-state index contributed by atoms with van der Waals surface area (Å²) in [5, 5.41) is 14.4. The van der Waals surface area contributed by atoms with Crippen molar-refractivity contribution >= 4 is 98.8 Å². The maximum absolute atomic E-state index is 2.53. The molecule has 0 amide bonds. The number of para-hydroxylation sites is 2. The molecule has 0 aromatic heterocycles. The summed E-state index contributed by atoms with van der Waals surface area (Å²) in [5.41, 5.74) is 6.88. The van der Waals surface area contributed by atoms with E-state index in [0.717, 1.165) is 22.7 Å². The third kappa shape index (κ3) is 5.04. The van der Waals surface area contributed by atoms with Gasteiger partial charge >= 0.3 is 0 Å². The van der Waals surface area contributed by atoms with E-state index >= 15 is 0 Å². The van der Waals surface area contributed by atoms with Crippen molar-refractivity contribution in [1.29, 1.82) is 0 Å². The summed E-state index contributed by atoms with van der Waals surface area (Å²) in [6.07, 6.45) is 0. The normalized spacial score (nSPS) is 11.6. The fourth-order valence-corrected chi connectivity index (χ4v) is 8.92. The molecule has 11 rings (SSSR count). The van der Waals surface area contributed by atoms with E-state index in [1.54, 1.807) is 0 Å². The van der Waals surface area contributed by atoms with Crippen LogP contribution in [0, 0.1) is 0 Å². The van der Waals surface area contributed by atoms with Gasteiger partial charge in [0.1, 0.15) is 0 Å². The second kappa shape index (κ2) is 13.2. The highest BCUT2D eigenvalue weighted by Crippen LogP contribution is 2.54. The molecule has 0 saturated carbocycles. The first-order chi connectivity index (χ1) is 27.8. The number of hydrogen-bond donors (Lipinski definition) is 0. The number of anilines is 6. The molecule has 11 aromatic rings. The first-order valence-electron chi connectivity index (χ1n) is 19.3. The Morgan fingerprint density at radius 1 is 0.196 bits per heavy atom. The Hall–Kier alpha value is -7.42. The monoisotopic (exact) mass is 712 g/mol. The lowest BCUT2D eigenvalue weighted by Crippen LogP contribution is -2.15. The van der Waals surface area contributed by atoms with Crippen LogP contribution in [0.3, 0.4) is 0 Å². The van der Waals surface area contributed by atoms with Crippen LogP contribution in [0.2, 0.25) is 0 Å². The molecule has 0 spiro atoms. The Labute approximate surface area is 325 Å². The molecule has 0 aliphatic heterocycles. The lowest BCUT2D eigenvalue weighted by molar-refractivity contribution is 1.32. The van der Waals surface area contributed by atoms with Crippen molar-refractivity contribution in [3.05, 3.63) is 218 Å². The standard InChI is InChI=1S/C54H36N2/c1-3-23-41(24-4-1)55(51-43-27-11-7-19-37(43)35-38-20-8-12-28-44(38)51)53-47-31-15-17-33-49(47)54(50-34-18-16-32-48(50)53)56(42-25-5-2-6-26-42)52-45-29-13-9-21-39(45)36-40-22-10-14-30-46(40)52/h1-36H. The van der Waals surface area contributed by atoms with Gasteiger partial charge in [-0.05, 0) is 57.9 Å². The number of hydrogen-bond acceptors (Lipinski definition) is 2. The molecule has 0 radical (unpaired) electrons. The third-order valence-corrected chi connectivity index (χ3v) is 11.3. The molecule has 11 aromatic carbocycles. The summed E-state index contributed by atoms with van der Waals surface area (Å²) in [4.78, 5) is 5.05. The summed E-state index contributed by atoms with van der Waals surface area (Å²) >= 11 is 0. The molecule has 56 heavy (non-hydrogen) atoms. The topological polar surface area (TPSA) is 6.48 Å². The number of nitrogens with zero attached hydrogens (tertiary/aromatic N) is 2. The smallest absolute Gasteiger partial charge is 0.0620 e. The van der Waals surface area contributed by atoms with Gasteiger partial charge in [-0.1, -0.05) is 182 Å². The van der Waals surface area contributed by atoms with Crippen LogP contribution in [0.15, 0.2) is 218 Å². The second-order valence-electron chi connectivity index (χ2n) is 14.5. The Bertz CT molecular complexity index is 2880. The van der Waals surface area contributed by atoms with Gasteiger partial charge in [0.25, 0.3) is 0 Å². The van der Waals surface area contributed by atoms with Gasteiger partial charge in [-0.25, -0.2) is 0 Å². The zero-order chi connectivity index (χ0) is 37.0. The average molecular weight is 713 g/mol. The highest BCUT2D eigenvalue weighted by Gasteiger charge is 2.28. The van der Waals surface area contributed by atoms with Crippen LogP contribution in [-0.4, -0.2) is 0 Å². The highest BCUT2D eigenvalue weighted by atomic mass is 15.2. The van der Waals surface area contributed by atoms with Gasteiger partial charge < -0.3 is 9.80 Å². The first-order valence-corrected chi connectivity index (χ1v) is 19.3. The summed E-state index contributed by atoms with van der Waals surface area (Å²) < 4.78 is 0. The van der Waals surface area contributed by atoms with Crippen molar-refractivity contribution in [2.75, 3.05) is 9.80 Å². The molecule has 262 valence electrons. The predicted octanol–water partition coefficient (Wildman–Crippen LogP) is 15.5. The predicted molar refractivity (Wildman–Crippen MR) is 241 cm³/mol. The molecule has 2 heteroatoms. The Morgan fingerprint density at radius 2 is 0.411 bits per heavy atom. The van der Waals surface area contributed by atoms with Gasteiger partial charge in [0.05, 0.1) is 22.7 Å². The van der Waals surface area contributed by atoms with Crippen molar-refractivity contribution < 1.29 is 0 Å². The molecule has 0 atom stereocenters. The molecular weight excluding hydrogens is 677 g/mol. The van der Waals surface area contributed by atoms with Crippen molar-refractivity contribution in [1.82, 2.24) is 0 Å². The summed E-state index contributed by atoms with van der Waals surface area (Å²) in [5.74, 6) is 0. The van der Waals surface area contributed by atoms with Gasteiger partial charge in [-0.15, -0.1) is 0 Å². The van der Waals surface area contributed by atoms with Gasteiger partial charge in [-0.2, -0.15) is 0 Å². The quantitative estimate of drug-likeness (QED) is 0.125. The lowest BCUT2D eigenvalue weighted by Gasteiger charge is -2.34. The molecule has 0 unspecified atom stereocenters. The maximum atomic E-state index is 2.53. The van der Waals surface area contributed by atoms with Gasteiger partial charge in [0.2, 0.25) is 0 Å². The van der Waals surface area contributed by atoms with E-state index in [4.69, 9.17) is 0 Å². The Morgan fingerprint density at radius 3 is 0.696 bits per heavy atom. The molecule has 0 heterocycles. The molecule has 0 aliphatic rings.